The summed E-state index contributed by atoms with van der Waals surface area (Å²) in [6.07, 6.45) is 0.640. The first-order valence-corrected chi connectivity index (χ1v) is 7.40. The molecule has 0 atom stereocenters. The summed E-state index contributed by atoms with van der Waals surface area (Å²) in [7, 11) is 0. The molecule has 0 radical (unpaired) electrons. The third kappa shape index (κ3) is 4.06. The molecule has 0 spiro atoms. The first kappa shape index (κ1) is 17.2. The number of carbonyl (C=O) groups is 2. The topological polar surface area (TPSA) is 52.6 Å². The molecule has 4 heteroatoms. The van der Waals surface area contributed by atoms with Crippen LogP contribution < -0.4 is 0 Å². The zero-order valence-electron chi connectivity index (χ0n) is 13.3. The van der Waals surface area contributed by atoms with E-state index in [0.717, 1.165) is 11.1 Å². The SMILES string of the molecule is CCOC(=O)C(CC)(Cc1cccc(C)c1)C(=O)OCC. The van der Waals surface area contributed by atoms with Crippen molar-refractivity contribution >= 4 is 11.9 Å². The fourth-order valence-corrected chi connectivity index (χ4v) is 2.35. The van der Waals surface area contributed by atoms with Crippen LogP contribution in [-0.4, -0.2) is 25.2 Å². The molecule has 0 fully saturated rings. The van der Waals surface area contributed by atoms with E-state index in [1.807, 2.05) is 38.1 Å². The van der Waals surface area contributed by atoms with Gasteiger partial charge >= 0.3 is 11.9 Å². The summed E-state index contributed by atoms with van der Waals surface area (Å²) in [5, 5.41) is 0. The maximum Gasteiger partial charge on any atom is 0.323 e. The summed E-state index contributed by atoms with van der Waals surface area (Å²) in [6, 6.07) is 7.78. The lowest BCUT2D eigenvalue weighted by molar-refractivity contribution is -0.172. The molecule has 0 aliphatic heterocycles. The molecule has 0 bridgehead atoms. The highest BCUT2D eigenvalue weighted by Gasteiger charge is 2.47. The van der Waals surface area contributed by atoms with Gasteiger partial charge in [0.2, 0.25) is 0 Å². The van der Waals surface area contributed by atoms with Crippen LogP contribution in [0.5, 0.6) is 0 Å². The summed E-state index contributed by atoms with van der Waals surface area (Å²) < 4.78 is 10.3. The van der Waals surface area contributed by atoms with E-state index in [1.165, 1.54) is 0 Å². The summed E-state index contributed by atoms with van der Waals surface area (Å²) in [6.45, 7) is 7.74. The number of hydrogen-bond acceptors (Lipinski definition) is 4. The second-order valence-electron chi connectivity index (χ2n) is 5.04. The first-order chi connectivity index (χ1) is 10.00. The van der Waals surface area contributed by atoms with Gasteiger partial charge in [0.15, 0.2) is 5.41 Å². The number of aryl methyl sites for hydroxylation is 1. The van der Waals surface area contributed by atoms with E-state index < -0.39 is 17.4 Å². The average molecular weight is 292 g/mol. The largest absolute Gasteiger partial charge is 0.465 e. The fraction of sp³-hybridized carbons (Fsp3) is 0.529. The number of esters is 2. The van der Waals surface area contributed by atoms with Gasteiger partial charge in [0.1, 0.15) is 0 Å². The predicted molar refractivity (Wildman–Crippen MR) is 80.9 cm³/mol. The molecule has 1 aromatic rings. The number of carbonyl (C=O) groups excluding carboxylic acids is 2. The van der Waals surface area contributed by atoms with E-state index in [9.17, 15) is 9.59 Å². The highest BCUT2D eigenvalue weighted by molar-refractivity contribution is 6.00. The monoisotopic (exact) mass is 292 g/mol. The van der Waals surface area contributed by atoms with Crippen molar-refractivity contribution in [1.82, 2.24) is 0 Å². The average Bonchev–Trinajstić information content (AvgIpc) is 2.45. The van der Waals surface area contributed by atoms with Gasteiger partial charge in [-0.25, -0.2) is 0 Å². The van der Waals surface area contributed by atoms with Crippen LogP contribution in [0.3, 0.4) is 0 Å². The van der Waals surface area contributed by atoms with Crippen molar-refractivity contribution in [2.24, 2.45) is 5.41 Å². The Morgan fingerprint density at radius 3 is 2.05 bits per heavy atom. The maximum absolute atomic E-state index is 12.4. The molecule has 0 unspecified atom stereocenters. The Balaban J connectivity index is 3.16. The Morgan fingerprint density at radius 2 is 1.62 bits per heavy atom. The smallest absolute Gasteiger partial charge is 0.323 e. The van der Waals surface area contributed by atoms with Crippen molar-refractivity contribution in [1.29, 1.82) is 0 Å². The van der Waals surface area contributed by atoms with Gasteiger partial charge in [-0.1, -0.05) is 36.8 Å². The van der Waals surface area contributed by atoms with Crippen LogP contribution in [0.2, 0.25) is 0 Å². The van der Waals surface area contributed by atoms with Gasteiger partial charge in [-0.2, -0.15) is 0 Å². The Hall–Kier alpha value is -1.84. The van der Waals surface area contributed by atoms with Gasteiger partial charge in [0.25, 0.3) is 0 Å². The standard InChI is InChI=1S/C17H24O4/c1-5-17(15(18)20-6-2,16(19)21-7-3)12-14-10-8-9-13(4)11-14/h8-11H,5-7,12H2,1-4H3. The van der Waals surface area contributed by atoms with Crippen molar-refractivity contribution in [3.05, 3.63) is 35.4 Å². The van der Waals surface area contributed by atoms with E-state index in [2.05, 4.69) is 0 Å². The normalized spacial score (nSPS) is 11.0. The highest BCUT2D eigenvalue weighted by Crippen LogP contribution is 2.31. The van der Waals surface area contributed by atoms with Crippen molar-refractivity contribution < 1.29 is 19.1 Å². The summed E-state index contributed by atoms with van der Waals surface area (Å²) >= 11 is 0. The van der Waals surface area contributed by atoms with Crippen molar-refractivity contribution in [2.75, 3.05) is 13.2 Å². The number of hydrogen-bond donors (Lipinski definition) is 0. The lowest BCUT2D eigenvalue weighted by Crippen LogP contribution is -2.43. The molecule has 4 nitrogen and oxygen atoms in total. The van der Waals surface area contributed by atoms with Gasteiger partial charge < -0.3 is 9.47 Å². The molecule has 0 saturated carbocycles. The lowest BCUT2D eigenvalue weighted by Gasteiger charge is -2.28. The molecule has 0 N–H and O–H groups in total. The molecule has 1 rings (SSSR count). The van der Waals surface area contributed by atoms with Gasteiger partial charge in [0, 0.05) is 0 Å². The van der Waals surface area contributed by atoms with Gasteiger partial charge in [-0.3, -0.25) is 9.59 Å². The zero-order valence-corrected chi connectivity index (χ0v) is 13.3. The second-order valence-corrected chi connectivity index (χ2v) is 5.04. The van der Waals surface area contributed by atoms with Crippen LogP contribution >= 0.6 is 0 Å². The molecule has 0 heterocycles. The molecule has 0 aromatic heterocycles. The van der Waals surface area contributed by atoms with Crippen LogP contribution in [0.25, 0.3) is 0 Å². The van der Waals surface area contributed by atoms with E-state index in [0.29, 0.717) is 12.8 Å². The van der Waals surface area contributed by atoms with Gasteiger partial charge in [-0.05, 0) is 39.2 Å². The van der Waals surface area contributed by atoms with Crippen molar-refractivity contribution in [3.8, 4) is 0 Å². The summed E-state index contributed by atoms with van der Waals surface area (Å²) in [4.78, 5) is 24.8. The molecule has 21 heavy (non-hydrogen) atoms. The third-order valence-corrected chi connectivity index (χ3v) is 3.52. The Labute approximate surface area is 126 Å². The zero-order chi connectivity index (χ0) is 15.9. The molecule has 0 aliphatic carbocycles. The Kier molecular flexibility index (Phi) is 6.40. The molecular formula is C17H24O4. The van der Waals surface area contributed by atoms with Gasteiger partial charge in [0.05, 0.1) is 13.2 Å². The van der Waals surface area contributed by atoms with Gasteiger partial charge in [-0.15, -0.1) is 0 Å². The minimum absolute atomic E-state index is 0.244. The predicted octanol–water partition coefficient (Wildman–Crippen LogP) is 3.06. The summed E-state index contributed by atoms with van der Waals surface area (Å²) in [5.41, 5.74) is 0.753. The summed E-state index contributed by atoms with van der Waals surface area (Å²) in [5.74, 6) is -1.01. The number of ether oxygens (including phenoxy) is 2. The van der Waals surface area contributed by atoms with Crippen LogP contribution in [0.15, 0.2) is 24.3 Å². The molecule has 0 saturated heterocycles. The first-order valence-electron chi connectivity index (χ1n) is 7.40. The fourth-order valence-electron chi connectivity index (χ4n) is 2.35. The van der Waals surface area contributed by atoms with Crippen molar-refractivity contribution in [3.63, 3.8) is 0 Å². The molecular weight excluding hydrogens is 268 g/mol. The quantitative estimate of drug-likeness (QED) is 0.572. The minimum atomic E-state index is -1.26. The van der Waals surface area contributed by atoms with E-state index in [-0.39, 0.29) is 13.2 Å². The van der Waals surface area contributed by atoms with E-state index >= 15 is 0 Å². The molecule has 116 valence electrons. The van der Waals surface area contributed by atoms with Crippen molar-refractivity contribution in [2.45, 2.75) is 40.5 Å². The van der Waals surface area contributed by atoms with Crippen LogP contribution in [0.4, 0.5) is 0 Å². The van der Waals surface area contributed by atoms with E-state index in [4.69, 9.17) is 9.47 Å². The molecule has 0 aliphatic rings. The molecule has 0 amide bonds. The maximum atomic E-state index is 12.4. The van der Waals surface area contributed by atoms with Crippen LogP contribution in [0.1, 0.15) is 38.3 Å². The highest BCUT2D eigenvalue weighted by atomic mass is 16.6. The Bertz CT molecular complexity index is 475. The lowest BCUT2D eigenvalue weighted by atomic mass is 9.79. The second kappa shape index (κ2) is 7.81. The van der Waals surface area contributed by atoms with Crippen LogP contribution in [-0.2, 0) is 25.5 Å². The number of benzene rings is 1. The number of rotatable bonds is 7. The Morgan fingerprint density at radius 1 is 1.05 bits per heavy atom. The third-order valence-electron chi connectivity index (χ3n) is 3.52. The molecule has 1 aromatic carbocycles. The van der Waals surface area contributed by atoms with E-state index in [1.54, 1.807) is 13.8 Å². The van der Waals surface area contributed by atoms with Crippen LogP contribution in [0, 0.1) is 12.3 Å². The minimum Gasteiger partial charge on any atom is -0.465 e.